The van der Waals surface area contributed by atoms with Gasteiger partial charge in [-0.2, -0.15) is 0 Å². The molecule has 1 aliphatic rings. The van der Waals surface area contributed by atoms with E-state index in [-0.39, 0.29) is 18.0 Å². The maximum atomic E-state index is 12.2. The molecule has 0 saturated carbocycles. The number of piperidine rings is 1. The lowest BCUT2D eigenvalue weighted by Crippen LogP contribution is -2.48. The number of amides is 2. The van der Waals surface area contributed by atoms with Gasteiger partial charge in [0.1, 0.15) is 5.60 Å². The summed E-state index contributed by atoms with van der Waals surface area (Å²) in [5.41, 5.74) is 0.325. The summed E-state index contributed by atoms with van der Waals surface area (Å²) in [7, 11) is 0. The summed E-state index contributed by atoms with van der Waals surface area (Å²) in [4.78, 5) is 26.3. The number of hydrogen-bond acceptors (Lipinski definition) is 4. The third-order valence-corrected chi connectivity index (χ3v) is 4.31. The molecule has 1 aromatic rings. The number of rotatable bonds is 6. The zero-order chi connectivity index (χ0) is 19.0. The zero-order valence-corrected chi connectivity index (χ0v) is 16.1. The van der Waals surface area contributed by atoms with Crippen LogP contribution >= 0.6 is 0 Å². The van der Waals surface area contributed by atoms with Crippen molar-refractivity contribution in [1.29, 1.82) is 0 Å². The molecule has 1 unspecified atom stereocenters. The fraction of sp³-hybridized carbons (Fsp3) is 0.600. The predicted molar refractivity (Wildman–Crippen MR) is 103 cm³/mol. The number of para-hydroxylation sites is 1. The third-order valence-electron chi connectivity index (χ3n) is 4.31. The van der Waals surface area contributed by atoms with Crippen LogP contribution in [0.5, 0.6) is 0 Å². The van der Waals surface area contributed by atoms with Gasteiger partial charge >= 0.3 is 6.09 Å². The van der Waals surface area contributed by atoms with Gasteiger partial charge in [0.25, 0.3) is 0 Å². The summed E-state index contributed by atoms with van der Waals surface area (Å²) in [6.45, 7) is 7.76. The molecule has 2 rings (SSSR count). The molecule has 0 radical (unpaired) electrons. The highest BCUT2D eigenvalue weighted by Gasteiger charge is 2.24. The number of hydrogen-bond donors (Lipinski definition) is 2. The first-order valence-corrected chi connectivity index (χ1v) is 9.39. The van der Waals surface area contributed by atoms with Crippen LogP contribution in [0, 0.1) is 0 Å². The van der Waals surface area contributed by atoms with E-state index < -0.39 is 5.60 Å². The van der Waals surface area contributed by atoms with Gasteiger partial charge in [-0.15, -0.1) is 0 Å². The summed E-state index contributed by atoms with van der Waals surface area (Å²) >= 11 is 0. The lowest BCUT2D eigenvalue weighted by atomic mass is 10.0. The number of likely N-dealkylation sites (tertiary alicyclic amines) is 1. The second kappa shape index (κ2) is 9.57. The molecule has 6 nitrogen and oxygen atoms in total. The molecule has 1 aromatic carbocycles. The number of nitrogens with one attached hydrogen (secondary N) is 2. The zero-order valence-electron chi connectivity index (χ0n) is 16.1. The van der Waals surface area contributed by atoms with Crippen LogP contribution in [0.15, 0.2) is 30.3 Å². The number of carbonyl (C=O) groups excluding carboxylic acids is 2. The minimum atomic E-state index is -0.494. The van der Waals surface area contributed by atoms with E-state index >= 15 is 0 Å². The molecular formula is C20H31N3O3. The van der Waals surface area contributed by atoms with Gasteiger partial charge in [-0.05, 0) is 52.3 Å². The van der Waals surface area contributed by atoms with E-state index in [1.54, 1.807) is 0 Å². The Morgan fingerprint density at radius 3 is 2.62 bits per heavy atom. The highest BCUT2D eigenvalue weighted by Crippen LogP contribution is 2.17. The average molecular weight is 361 g/mol. The number of carbonyl (C=O) groups is 2. The van der Waals surface area contributed by atoms with Gasteiger partial charge in [0.05, 0.1) is 0 Å². The Morgan fingerprint density at radius 1 is 1.19 bits per heavy atom. The van der Waals surface area contributed by atoms with Crippen LogP contribution < -0.4 is 10.6 Å². The van der Waals surface area contributed by atoms with Crippen molar-refractivity contribution >= 4 is 17.7 Å². The molecule has 1 atom stereocenters. The summed E-state index contributed by atoms with van der Waals surface area (Å²) in [5.74, 6) is 0.0145. The maximum Gasteiger partial charge on any atom is 0.407 e. The molecule has 0 aliphatic carbocycles. The summed E-state index contributed by atoms with van der Waals surface area (Å²) in [6, 6.07) is 9.74. The first-order chi connectivity index (χ1) is 12.3. The Labute approximate surface area is 156 Å². The lowest BCUT2D eigenvalue weighted by molar-refractivity contribution is -0.116. The summed E-state index contributed by atoms with van der Waals surface area (Å²) in [6.07, 6.45) is 3.36. The normalized spacial score (nSPS) is 18.2. The van der Waals surface area contributed by atoms with Gasteiger partial charge in [0.2, 0.25) is 5.91 Å². The van der Waals surface area contributed by atoms with Crippen LogP contribution in [0.2, 0.25) is 0 Å². The molecule has 1 saturated heterocycles. The van der Waals surface area contributed by atoms with Crippen molar-refractivity contribution < 1.29 is 14.3 Å². The topological polar surface area (TPSA) is 70.7 Å². The van der Waals surface area contributed by atoms with Crippen molar-refractivity contribution in [2.75, 3.05) is 25.0 Å². The van der Waals surface area contributed by atoms with Gasteiger partial charge in [-0.25, -0.2) is 4.79 Å². The van der Waals surface area contributed by atoms with Crippen molar-refractivity contribution in [3.8, 4) is 0 Å². The second-order valence-corrected chi connectivity index (χ2v) is 7.73. The predicted octanol–water partition coefficient (Wildman–Crippen LogP) is 3.39. The Bertz CT molecular complexity index is 584. The summed E-state index contributed by atoms with van der Waals surface area (Å²) < 4.78 is 5.30. The Kier molecular flexibility index (Phi) is 7.45. The molecule has 0 spiro atoms. The average Bonchev–Trinajstić information content (AvgIpc) is 2.58. The lowest BCUT2D eigenvalue weighted by Gasteiger charge is -2.35. The van der Waals surface area contributed by atoms with E-state index in [1.165, 1.54) is 0 Å². The van der Waals surface area contributed by atoms with Crippen LogP contribution in [-0.2, 0) is 9.53 Å². The van der Waals surface area contributed by atoms with Crippen molar-refractivity contribution in [2.24, 2.45) is 0 Å². The van der Waals surface area contributed by atoms with Crippen molar-refractivity contribution in [1.82, 2.24) is 10.2 Å². The van der Waals surface area contributed by atoms with Crippen molar-refractivity contribution in [3.63, 3.8) is 0 Å². The fourth-order valence-electron chi connectivity index (χ4n) is 3.09. The molecule has 0 bridgehead atoms. The molecule has 0 aromatic heterocycles. The monoisotopic (exact) mass is 361 g/mol. The molecule has 6 heteroatoms. The third kappa shape index (κ3) is 7.44. The van der Waals surface area contributed by atoms with Gasteiger partial charge in [0.15, 0.2) is 0 Å². The number of alkyl carbamates (subject to hydrolysis) is 1. The summed E-state index contributed by atoms with van der Waals surface area (Å²) in [5, 5.41) is 5.78. The van der Waals surface area contributed by atoms with Gasteiger partial charge < -0.3 is 15.4 Å². The van der Waals surface area contributed by atoms with E-state index in [2.05, 4.69) is 15.5 Å². The molecular weight excluding hydrogens is 330 g/mol. The number of anilines is 1. The minimum absolute atomic E-state index is 0.0145. The minimum Gasteiger partial charge on any atom is -0.444 e. The molecule has 144 valence electrons. The smallest absolute Gasteiger partial charge is 0.407 e. The Balaban J connectivity index is 1.77. The maximum absolute atomic E-state index is 12.2. The van der Waals surface area contributed by atoms with Gasteiger partial charge in [0, 0.05) is 31.2 Å². The Hall–Kier alpha value is -2.08. The van der Waals surface area contributed by atoms with Crippen LogP contribution in [0.3, 0.4) is 0 Å². The first kappa shape index (κ1) is 20.2. The van der Waals surface area contributed by atoms with E-state index in [0.717, 1.165) is 31.5 Å². The Morgan fingerprint density at radius 2 is 1.92 bits per heavy atom. The van der Waals surface area contributed by atoms with Crippen molar-refractivity contribution in [3.05, 3.63) is 30.3 Å². The molecule has 1 aliphatic heterocycles. The van der Waals surface area contributed by atoms with E-state index in [9.17, 15) is 9.59 Å². The van der Waals surface area contributed by atoms with Gasteiger partial charge in [-0.1, -0.05) is 24.6 Å². The van der Waals surface area contributed by atoms with Crippen LogP contribution in [-0.4, -0.2) is 48.2 Å². The fourth-order valence-corrected chi connectivity index (χ4v) is 3.09. The standard InChI is InChI=1S/C20H31N3O3/c1-20(2,3)26-19(25)21-15-17-11-7-8-13-23(17)14-12-18(24)22-16-9-5-4-6-10-16/h4-6,9-10,17H,7-8,11-15H2,1-3H3,(H,21,25)(H,22,24). The van der Waals surface area contributed by atoms with Crippen LogP contribution in [0.4, 0.5) is 10.5 Å². The van der Waals surface area contributed by atoms with Gasteiger partial charge in [-0.3, -0.25) is 9.69 Å². The first-order valence-electron chi connectivity index (χ1n) is 9.39. The molecule has 2 N–H and O–H groups in total. The SMILES string of the molecule is CC(C)(C)OC(=O)NCC1CCCCN1CCC(=O)Nc1ccccc1. The molecule has 26 heavy (non-hydrogen) atoms. The quantitative estimate of drug-likeness (QED) is 0.815. The van der Waals surface area contributed by atoms with Crippen LogP contribution in [0.1, 0.15) is 46.5 Å². The molecule has 2 amide bonds. The molecule has 1 heterocycles. The van der Waals surface area contributed by atoms with Crippen LogP contribution in [0.25, 0.3) is 0 Å². The second-order valence-electron chi connectivity index (χ2n) is 7.73. The highest BCUT2D eigenvalue weighted by molar-refractivity contribution is 5.90. The molecule has 1 fully saturated rings. The number of ether oxygens (including phenoxy) is 1. The largest absolute Gasteiger partial charge is 0.444 e. The number of nitrogens with zero attached hydrogens (tertiary/aromatic N) is 1. The van der Waals surface area contributed by atoms with E-state index in [4.69, 9.17) is 4.74 Å². The van der Waals surface area contributed by atoms with E-state index in [0.29, 0.717) is 19.5 Å². The highest BCUT2D eigenvalue weighted by atomic mass is 16.6. The van der Waals surface area contributed by atoms with E-state index in [1.807, 2.05) is 51.1 Å². The number of benzene rings is 1. The van der Waals surface area contributed by atoms with Crippen molar-refractivity contribution in [2.45, 2.75) is 58.1 Å².